The van der Waals surface area contributed by atoms with E-state index < -0.39 is 0 Å². The number of nitrogens with one attached hydrogen (secondary N) is 2. The summed E-state index contributed by atoms with van der Waals surface area (Å²) in [7, 11) is 1.56. The lowest BCUT2D eigenvalue weighted by atomic mass is 10.2. The largest absolute Gasteiger partial charge is 0.495 e. The van der Waals surface area contributed by atoms with Crippen LogP contribution in [0, 0.1) is 0 Å². The number of hydrogen-bond donors (Lipinski definition) is 2. The highest BCUT2D eigenvalue weighted by Gasteiger charge is 2.13. The number of halogens is 1. The van der Waals surface area contributed by atoms with Crippen LogP contribution in [0.15, 0.2) is 65.1 Å². The molecule has 1 unspecified atom stereocenters. The Hall–Kier alpha value is -3.62. The topological polar surface area (TPSA) is 85.6 Å². The van der Waals surface area contributed by atoms with Crippen molar-refractivity contribution in [1.29, 1.82) is 0 Å². The monoisotopic (exact) mass is 509 g/mol. The van der Waals surface area contributed by atoms with E-state index in [1.54, 1.807) is 61.7 Å². The van der Waals surface area contributed by atoms with E-state index in [1.807, 2.05) is 13.0 Å². The molecule has 1 atom stereocenters. The third kappa shape index (κ3) is 5.90. The molecule has 0 aliphatic heterocycles. The Bertz CT molecular complexity index is 1370. The minimum absolute atomic E-state index is 0.110. The number of nitrogens with zero attached hydrogens (tertiary/aromatic N) is 1. The van der Waals surface area contributed by atoms with Crippen LogP contribution in [0.4, 0.5) is 5.69 Å². The molecule has 180 valence electrons. The highest BCUT2D eigenvalue weighted by molar-refractivity contribution is 7.80. The lowest BCUT2D eigenvalue weighted by Gasteiger charge is -2.13. The third-order valence-electron chi connectivity index (χ3n) is 5.30. The van der Waals surface area contributed by atoms with Crippen LogP contribution < -0.4 is 20.1 Å². The molecule has 0 aliphatic rings. The Kier molecular flexibility index (Phi) is 7.53. The van der Waals surface area contributed by atoms with E-state index in [4.69, 9.17) is 37.7 Å². The van der Waals surface area contributed by atoms with Crippen LogP contribution in [0.5, 0.6) is 11.5 Å². The zero-order chi connectivity index (χ0) is 24.9. The molecule has 0 radical (unpaired) electrons. The molecule has 3 aromatic carbocycles. The highest BCUT2D eigenvalue weighted by Crippen LogP contribution is 2.32. The van der Waals surface area contributed by atoms with E-state index in [-0.39, 0.29) is 17.1 Å². The lowest BCUT2D eigenvalue weighted by Crippen LogP contribution is -2.34. The fraction of sp³-hybridized carbons (Fsp3) is 0.192. The molecule has 0 spiro atoms. The molecule has 0 bridgehead atoms. The van der Waals surface area contributed by atoms with Crippen molar-refractivity contribution in [3.8, 4) is 23.0 Å². The number of rotatable bonds is 7. The van der Waals surface area contributed by atoms with Crippen LogP contribution in [0.2, 0.25) is 5.02 Å². The predicted molar refractivity (Wildman–Crippen MR) is 142 cm³/mol. The van der Waals surface area contributed by atoms with Crippen LogP contribution in [0.1, 0.15) is 30.6 Å². The van der Waals surface area contributed by atoms with Crippen LogP contribution in [0.3, 0.4) is 0 Å². The van der Waals surface area contributed by atoms with Gasteiger partial charge in [0.1, 0.15) is 17.0 Å². The molecule has 1 heterocycles. The Morgan fingerprint density at radius 3 is 2.60 bits per heavy atom. The van der Waals surface area contributed by atoms with Crippen molar-refractivity contribution in [1.82, 2.24) is 10.3 Å². The van der Waals surface area contributed by atoms with E-state index in [9.17, 15) is 4.79 Å². The van der Waals surface area contributed by atoms with Gasteiger partial charge in [-0.1, -0.05) is 18.5 Å². The maximum Gasteiger partial charge on any atom is 0.257 e. The van der Waals surface area contributed by atoms with Crippen molar-refractivity contribution in [2.24, 2.45) is 0 Å². The molecule has 0 saturated carbocycles. The summed E-state index contributed by atoms with van der Waals surface area (Å²) in [6, 6.07) is 17.6. The quantitative estimate of drug-likeness (QED) is 0.276. The second kappa shape index (κ2) is 10.8. The van der Waals surface area contributed by atoms with Crippen LogP contribution in [-0.4, -0.2) is 29.2 Å². The molecule has 2 N–H and O–H groups in total. The van der Waals surface area contributed by atoms with Crippen molar-refractivity contribution in [2.45, 2.75) is 26.4 Å². The van der Waals surface area contributed by atoms with Crippen molar-refractivity contribution >= 4 is 51.6 Å². The fourth-order valence-corrected chi connectivity index (χ4v) is 3.73. The summed E-state index contributed by atoms with van der Waals surface area (Å²) in [5.41, 5.74) is 3.09. The summed E-state index contributed by atoms with van der Waals surface area (Å²) < 4.78 is 16.8. The zero-order valence-electron chi connectivity index (χ0n) is 19.4. The number of ether oxygens (including phenoxy) is 2. The van der Waals surface area contributed by atoms with E-state index >= 15 is 0 Å². The highest BCUT2D eigenvalue weighted by atomic mass is 35.5. The van der Waals surface area contributed by atoms with Crippen LogP contribution in [-0.2, 0) is 0 Å². The average Bonchev–Trinajstić information content (AvgIpc) is 3.27. The third-order valence-corrected chi connectivity index (χ3v) is 5.80. The first-order valence-electron chi connectivity index (χ1n) is 11.0. The van der Waals surface area contributed by atoms with Gasteiger partial charge in [0.15, 0.2) is 10.7 Å². The second-order valence-electron chi connectivity index (χ2n) is 7.82. The number of thiocarbonyl (C=S) groups is 1. The van der Waals surface area contributed by atoms with E-state index in [1.165, 1.54) is 0 Å². The second-order valence-corrected chi connectivity index (χ2v) is 8.64. The number of hydrogen-bond acceptors (Lipinski definition) is 6. The number of aromatic nitrogens is 1. The molecular formula is C26H24ClN3O4S. The van der Waals surface area contributed by atoms with Crippen molar-refractivity contribution in [2.75, 3.05) is 12.4 Å². The number of benzene rings is 3. The first-order chi connectivity index (χ1) is 16.9. The summed E-state index contributed by atoms with van der Waals surface area (Å²) in [5.74, 6) is 1.40. The molecule has 1 amide bonds. The van der Waals surface area contributed by atoms with Gasteiger partial charge in [-0.2, -0.15) is 0 Å². The Morgan fingerprint density at radius 1 is 1.14 bits per heavy atom. The first kappa shape index (κ1) is 24.5. The first-order valence-corrected chi connectivity index (χ1v) is 11.8. The number of oxazole rings is 1. The molecule has 1 aromatic heterocycles. The van der Waals surface area contributed by atoms with E-state index in [2.05, 4.69) is 22.5 Å². The number of carbonyl (C=O) groups excluding carboxylic acids is 1. The predicted octanol–water partition coefficient (Wildman–Crippen LogP) is 6.46. The zero-order valence-corrected chi connectivity index (χ0v) is 21.0. The van der Waals surface area contributed by atoms with E-state index in [0.29, 0.717) is 44.8 Å². The molecule has 7 nitrogen and oxygen atoms in total. The van der Waals surface area contributed by atoms with Gasteiger partial charge in [-0.3, -0.25) is 10.1 Å². The van der Waals surface area contributed by atoms with Gasteiger partial charge in [-0.05, 0) is 86.2 Å². The van der Waals surface area contributed by atoms with Crippen molar-refractivity contribution in [3.05, 3.63) is 71.2 Å². The summed E-state index contributed by atoms with van der Waals surface area (Å²) in [5, 5.41) is 6.32. The fourth-order valence-electron chi connectivity index (χ4n) is 3.27. The van der Waals surface area contributed by atoms with Gasteiger partial charge in [0.05, 0.1) is 18.2 Å². The maximum absolute atomic E-state index is 12.6. The summed E-state index contributed by atoms with van der Waals surface area (Å²) in [6.45, 7) is 4.05. The number of methoxy groups -OCH3 is 1. The summed E-state index contributed by atoms with van der Waals surface area (Å²) in [6.07, 6.45) is 1.01. The Morgan fingerprint density at radius 2 is 1.91 bits per heavy atom. The molecule has 0 fully saturated rings. The van der Waals surface area contributed by atoms with Crippen LogP contribution >= 0.6 is 23.8 Å². The number of carbonyl (C=O) groups is 1. The van der Waals surface area contributed by atoms with Gasteiger partial charge in [0, 0.05) is 16.8 Å². The summed E-state index contributed by atoms with van der Waals surface area (Å²) >= 11 is 11.5. The van der Waals surface area contributed by atoms with Gasteiger partial charge < -0.3 is 19.2 Å². The van der Waals surface area contributed by atoms with Crippen molar-refractivity contribution in [3.63, 3.8) is 0 Å². The standard InChI is InChI=1S/C26H24ClN3O4S/c1-4-15(2)33-19-9-5-16(6-10-19)24(31)30-26(35)28-18-8-12-23-21(14-18)29-25(34-23)17-7-11-22(32-3)20(27)13-17/h5-15H,4H2,1-3H3,(H2,28,30,31,35). The smallest absolute Gasteiger partial charge is 0.257 e. The maximum atomic E-state index is 12.6. The molecule has 9 heteroatoms. The van der Waals surface area contributed by atoms with Crippen molar-refractivity contribution < 1.29 is 18.7 Å². The summed E-state index contributed by atoms with van der Waals surface area (Å²) in [4.78, 5) is 17.1. The number of fused-ring (bicyclic) bond motifs is 1. The molecule has 4 rings (SSSR count). The Balaban J connectivity index is 1.41. The molecule has 4 aromatic rings. The average molecular weight is 510 g/mol. The minimum atomic E-state index is -0.321. The van der Waals surface area contributed by atoms with Gasteiger partial charge in [0.2, 0.25) is 5.89 Å². The molecule has 0 aliphatic carbocycles. The van der Waals surface area contributed by atoms with E-state index in [0.717, 1.165) is 12.0 Å². The van der Waals surface area contributed by atoms with Gasteiger partial charge in [-0.15, -0.1) is 0 Å². The van der Waals surface area contributed by atoms with Gasteiger partial charge in [-0.25, -0.2) is 4.98 Å². The normalized spacial score (nSPS) is 11.7. The lowest BCUT2D eigenvalue weighted by molar-refractivity contribution is 0.0977. The number of anilines is 1. The van der Waals surface area contributed by atoms with Crippen LogP contribution in [0.25, 0.3) is 22.6 Å². The SMILES string of the molecule is CCC(C)Oc1ccc(C(=O)NC(=S)Nc2ccc3oc(-c4ccc(OC)c(Cl)c4)nc3c2)cc1. The van der Waals surface area contributed by atoms with Gasteiger partial charge >= 0.3 is 0 Å². The molecular weight excluding hydrogens is 486 g/mol. The Labute approximate surface area is 213 Å². The number of amides is 1. The minimum Gasteiger partial charge on any atom is -0.495 e. The van der Waals surface area contributed by atoms with Gasteiger partial charge in [0.25, 0.3) is 5.91 Å². The molecule has 35 heavy (non-hydrogen) atoms. The molecule has 0 saturated heterocycles.